The Kier molecular flexibility index (Phi) is 6.65. The Labute approximate surface area is 163 Å². The number of nitrogens with zero attached hydrogens (tertiary/aromatic N) is 3. The number of aromatic nitrogens is 1. The molecule has 1 aliphatic rings. The van der Waals surface area contributed by atoms with Crippen LogP contribution in [0.4, 0.5) is 11.5 Å². The van der Waals surface area contributed by atoms with Gasteiger partial charge in [-0.3, -0.25) is 15.0 Å². The van der Waals surface area contributed by atoms with Gasteiger partial charge >= 0.3 is 0 Å². The quantitative estimate of drug-likeness (QED) is 0.323. The molecule has 3 rings (SSSR count). The average Bonchev–Trinajstić information content (AvgIpc) is 2.69. The lowest BCUT2D eigenvalue weighted by atomic mass is 9.94. The highest BCUT2D eigenvalue weighted by Crippen LogP contribution is 2.25. The van der Waals surface area contributed by atoms with Crippen molar-refractivity contribution in [1.29, 1.82) is 0 Å². The van der Waals surface area contributed by atoms with Crippen molar-refractivity contribution in [2.24, 2.45) is 5.92 Å². The molecule has 150 valence electrons. The molecule has 0 radical (unpaired) electrons. The van der Waals surface area contributed by atoms with E-state index in [9.17, 15) is 15.3 Å². The highest BCUT2D eigenvalue weighted by atomic mass is 16.6. The molecule has 0 atom stereocenters. The van der Waals surface area contributed by atoms with Crippen molar-refractivity contribution >= 4 is 11.5 Å². The van der Waals surface area contributed by atoms with Crippen molar-refractivity contribution in [3.05, 3.63) is 63.5 Å². The lowest BCUT2D eigenvalue weighted by molar-refractivity contribution is -0.593. The molecule has 8 heteroatoms. The zero-order valence-electron chi connectivity index (χ0n) is 15.7. The number of benzene rings is 1. The third-order valence-corrected chi connectivity index (χ3v) is 5.13. The van der Waals surface area contributed by atoms with Crippen molar-refractivity contribution in [3.63, 3.8) is 0 Å². The van der Waals surface area contributed by atoms with Crippen molar-refractivity contribution in [2.75, 3.05) is 31.2 Å². The Hall–Kier alpha value is -2.87. The number of aliphatic hydroxyl groups excluding tert-OH is 1. The summed E-state index contributed by atoms with van der Waals surface area (Å²) in [5.74, 6) is 1.65. The number of anilines is 1. The van der Waals surface area contributed by atoms with Gasteiger partial charge in [-0.2, -0.15) is 0 Å². The van der Waals surface area contributed by atoms with E-state index in [0.717, 1.165) is 30.6 Å². The molecule has 0 saturated carbocycles. The van der Waals surface area contributed by atoms with Crippen LogP contribution in [0.1, 0.15) is 24.8 Å². The second kappa shape index (κ2) is 9.36. The fourth-order valence-electron chi connectivity index (χ4n) is 3.52. The van der Waals surface area contributed by atoms with Crippen molar-refractivity contribution in [1.82, 2.24) is 0 Å². The molecule has 1 aromatic carbocycles. The Morgan fingerprint density at radius 1 is 1.25 bits per heavy atom. The van der Waals surface area contributed by atoms with Crippen molar-refractivity contribution < 1.29 is 19.5 Å². The van der Waals surface area contributed by atoms with E-state index in [0.29, 0.717) is 42.6 Å². The minimum atomic E-state index is -0.483. The third-order valence-electron chi connectivity index (χ3n) is 5.13. The molecule has 1 saturated heterocycles. The Bertz CT molecular complexity index is 806. The number of hydrogen-bond donors (Lipinski definition) is 1. The third kappa shape index (κ3) is 5.10. The predicted octanol–water partition coefficient (Wildman–Crippen LogP) is 2.45. The summed E-state index contributed by atoms with van der Waals surface area (Å²) in [6.45, 7) is 2.13. The first-order chi connectivity index (χ1) is 13.6. The first kappa shape index (κ1) is 19.9. The van der Waals surface area contributed by atoms with E-state index in [1.807, 2.05) is 29.2 Å². The molecule has 1 aliphatic heterocycles. The molecule has 1 aromatic heterocycles. The van der Waals surface area contributed by atoms with E-state index >= 15 is 0 Å². The second-order valence-electron chi connectivity index (χ2n) is 7.01. The summed E-state index contributed by atoms with van der Waals surface area (Å²) >= 11 is 0. The van der Waals surface area contributed by atoms with Crippen LogP contribution in [0.2, 0.25) is 0 Å². The molecule has 1 fully saturated rings. The van der Waals surface area contributed by atoms with Gasteiger partial charge < -0.3 is 15.1 Å². The monoisotopic (exact) mass is 387 g/mol. The topological polar surface area (TPSA) is 103 Å². The summed E-state index contributed by atoms with van der Waals surface area (Å²) in [5.41, 5.74) is 0.984. The molecule has 2 aromatic rings. The van der Waals surface area contributed by atoms with Gasteiger partial charge in [-0.1, -0.05) is 12.1 Å². The molecular formula is C20H25N3O5. The first-order valence-corrected chi connectivity index (χ1v) is 9.52. The first-order valence-electron chi connectivity index (χ1n) is 9.52. The van der Waals surface area contributed by atoms with Crippen LogP contribution < -0.4 is 14.4 Å². The molecule has 1 N–H and O–H groups in total. The lowest BCUT2D eigenvalue weighted by Gasteiger charge is -2.29. The van der Waals surface area contributed by atoms with Crippen LogP contribution >= 0.6 is 0 Å². The van der Waals surface area contributed by atoms with Gasteiger partial charge in [0.25, 0.3) is 11.5 Å². The van der Waals surface area contributed by atoms with E-state index < -0.39 is 4.92 Å². The zero-order valence-corrected chi connectivity index (χ0v) is 15.7. The van der Waals surface area contributed by atoms with Gasteiger partial charge in [0.05, 0.1) is 30.7 Å². The van der Waals surface area contributed by atoms with Crippen LogP contribution in [0.15, 0.2) is 42.6 Å². The molecule has 0 amide bonds. The van der Waals surface area contributed by atoms with Gasteiger partial charge in [0, 0.05) is 6.61 Å². The van der Waals surface area contributed by atoms with Crippen LogP contribution in [-0.2, 0) is 6.42 Å². The lowest BCUT2D eigenvalue weighted by Crippen LogP contribution is -2.42. The maximum atomic E-state index is 12.0. The average molecular weight is 387 g/mol. The number of pyridine rings is 1. The molecular weight excluding hydrogens is 362 g/mol. The van der Waals surface area contributed by atoms with E-state index in [1.165, 1.54) is 18.3 Å². The zero-order chi connectivity index (χ0) is 19.9. The number of nitro groups is 1. The maximum absolute atomic E-state index is 12.0. The summed E-state index contributed by atoms with van der Waals surface area (Å²) in [5, 5.41) is 32.0. The van der Waals surface area contributed by atoms with Gasteiger partial charge in [0.2, 0.25) is 0 Å². The van der Waals surface area contributed by atoms with E-state index in [1.54, 1.807) is 0 Å². The Balaban J connectivity index is 1.48. The number of piperidine rings is 1. The molecule has 28 heavy (non-hydrogen) atoms. The van der Waals surface area contributed by atoms with Crippen molar-refractivity contribution in [3.8, 4) is 5.75 Å². The number of aliphatic hydroxyl groups is 1. The molecule has 8 nitrogen and oxygen atoms in total. The highest BCUT2D eigenvalue weighted by Gasteiger charge is 2.27. The number of rotatable bonds is 8. The van der Waals surface area contributed by atoms with Crippen LogP contribution in [0.25, 0.3) is 0 Å². The van der Waals surface area contributed by atoms with Gasteiger partial charge in [0.15, 0.2) is 0 Å². The van der Waals surface area contributed by atoms with Crippen LogP contribution in [0.3, 0.4) is 0 Å². The summed E-state index contributed by atoms with van der Waals surface area (Å²) in [7, 11) is 0. The largest absolute Gasteiger partial charge is 0.711 e. The van der Waals surface area contributed by atoms with Crippen LogP contribution in [0.5, 0.6) is 5.75 Å². The summed E-state index contributed by atoms with van der Waals surface area (Å²) < 4.78 is 6.53. The highest BCUT2D eigenvalue weighted by molar-refractivity contribution is 5.43. The minimum absolute atomic E-state index is 0.0685. The van der Waals surface area contributed by atoms with Crippen molar-refractivity contribution in [2.45, 2.75) is 25.7 Å². The minimum Gasteiger partial charge on any atom is -0.711 e. The summed E-state index contributed by atoms with van der Waals surface area (Å²) in [6.07, 6.45) is 4.56. The van der Waals surface area contributed by atoms with E-state index in [4.69, 9.17) is 9.84 Å². The molecule has 0 bridgehead atoms. The Morgan fingerprint density at radius 3 is 2.75 bits per heavy atom. The molecule has 2 heterocycles. The smallest absolute Gasteiger partial charge is 0.286 e. The Morgan fingerprint density at radius 2 is 2.04 bits per heavy atom. The van der Waals surface area contributed by atoms with Gasteiger partial charge in [-0.15, -0.1) is 0 Å². The van der Waals surface area contributed by atoms with Gasteiger partial charge in [-0.25, -0.2) is 4.73 Å². The van der Waals surface area contributed by atoms with Crippen LogP contribution in [0, 0.1) is 21.2 Å². The SMILES string of the molecule is O=[N+]([O-])c1cc[n+]([O-])c(N2CCC(CCOc3cccc(CCO)c3)CC2)c1. The standard InChI is InChI=1S/C20H25N3O5/c24-12-7-17-2-1-3-19(14-17)28-13-8-16-4-9-21(10-5-16)20-15-18(23(26)27)6-11-22(20)25/h1-3,6,11,14-16,24H,4-5,7-10,12-13H2. The van der Waals surface area contributed by atoms with Crippen LogP contribution in [-0.4, -0.2) is 36.3 Å². The predicted molar refractivity (Wildman–Crippen MR) is 104 cm³/mol. The summed E-state index contributed by atoms with van der Waals surface area (Å²) in [6, 6.07) is 10.3. The molecule has 0 spiro atoms. The summed E-state index contributed by atoms with van der Waals surface area (Å²) in [4.78, 5) is 12.4. The fraction of sp³-hybridized carbons (Fsp3) is 0.450. The van der Waals surface area contributed by atoms with Gasteiger partial charge in [0.1, 0.15) is 18.0 Å². The van der Waals surface area contributed by atoms with Gasteiger partial charge in [-0.05, 0) is 49.3 Å². The second-order valence-corrected chi connectivity index (χ2v) is 7.01. The maximum Gasteiger partial charge on any atom is 0.286 e. The fourth-order valence-corrected chi connectivity index (χ4v) is 3.52. The molecule has 0 unspecified atom stereocenters. The van der Waals surface area contributed by atoms with E-state index in [2.05, 4.69) is 0 Å². The van der Waals surface area contributed by atoms with E-state index in [-0.39, 0.29) is 12.3 Å². The number of ether oxygens (including phenoxy) is 1. The normalized spacial score (nSPS) is 14.8. The number of hydrogen-bond acceptors (Lipinski definition) is 6. The molecule has 0 aliphatic carbocycles.